The number of carbonyl (C=O) groups excluding carboxylic acids is 3. The van der Waals surface area contributed by atoms with Gasteiger partial charge in [0.15, 0.2) is 9.99 Å². The zero-order chi connectivity index (χ0) is 25.8. The summed E-state index contributed by atoms with van der Waals surface area (Å²) in [6, 6.07) is 17.5. The zero-order valence-corrected chi connectivity index (χ0v) is 21.3. The lowest BCUT2D eigenvalue weighted by Crippen LogP contribution is -2.60. The molecular weight excluding hydrogens is 464 g/mol. The second-order valence-corrected chi connectivity index (χ2v) is 10.4. The van der Waals surface area contributed by atoms with Gasteiger partial charge in [-0.2, -0.15) is 0 Å². The van der Waals surface area contributed by atoms with E-state index in [1.54, 1.807) is 24.3 Å². The zero-order valence-electron chi connectivity index (χ0n) is 20.5. The molecule has 2 rings (SSSR count). The first-order chi connectivity index (χ1) is 16.6. The topological polar surface area (TPSA) is 113 Å². The van der Waals surface area contributed by atoms with E-state index in [4.69, 9.17) is 0 Å². The summed E-state index contributed by atoms with van der Waals surface area (Å²) in [7, 11) is 0. The molecule has 0 saturated carbocycles. The first-order valence-corrected chi connectivity index (χ1v) is 12.5. The highest BCUT2D eigenvalue weighted by molar-refractivity contribution is 8.15. The summed E-state index contributed by atoms with van der Waals surface area (Å²) in [5.41, 5.74) is 1.86. The SMILES string of the molecule is CC(=O)S[C@@](CC(C)C)(NC(=O)CCCc1ccccc1)C(=O)N[C@@H](Cc1ccccc1)C(=O)O. The van der Waals surface area contributed by atoms with E-state index in [1.165, 1.54) is 6.92 Å². The number of carbonyl (C=O) groups is 4. The van der Waals surface area contributed by atoms with Gasteiger partial charge in [0.05, 0.1) is 0 Å². The van der Waals surface area contributed by atoms with E-state index in [-0.39, 0.29) is 36.2 Å². The largest absolute Gasteiger partial charge is 0.480 e. The molecule has 2 amide bonds. The molecule has 0 bridgehead atoms. The van der Waals surface area contributed by atoms with E-state index >= 15 is 0 Å². The lowest BCUT2D eigenvalue weighted by atomic mass is 10.00. The van der Waals surface area contributed by atoms with Gasteiger partial charge in [-0.3, -0.25) is 14.4 Å². The fraction of sp³-hybridized carbons (Fsp3) is 0.407. The maximum Gasteiger partial charge on any atom is 0.326 e. The number of aliphatic carboxylic acids is 1. The highest BCUT2D eigenvalue weighted by Gasteiger charge is 2.44. The van der Waals surface area contributed by atoms with Crippen molar-refractivity contribution in [3.8, 4) is 0 Å². The average Bonchev–Trinajstić information content (AvgIpc) is 2.79. The van der Waals surface area contributed by atoms with Crippen molar-refractivity contribution in [2.24, 2.45) is 5.92 Å². The fourth-order valence-electron chi connectivity index (χ4n) is 3.84. The number of rotatable bonds is 13. The van der Waals surface area contributed by atoms with E-state index in [1.807, 2.05) is 50.2 Å². The maximum absolute atomic E-state index is 13.5. The molecule has 0 unspecified atom stereocenters. The Morgan fingerprint density at radius 3 is 2.03 bits per heavy atom. The van der Waals surface area contributed by atoms with Crippen LogP contribution in [0.1, 0.15) is 51.2 Å². The molecule has 0 radical (unpaired) electrons. The van der Waals surface area contributed by atoms with Gasteiger partial charge < -0.3 is 15.7 Å². The van der Waals surface area contributed by atoms with Gasteiger partial charge in [-0.1, -0.05) is 86.3 Å². The predicted octanol–water partition coefficient (Wildman–Crippen LogP) is 3.96. The number of hydrogen-bond acceptors (Lipinski definition) is 5. The van der Waals surface area contributed by atoms with Crippen molar-refractivity contribution in [3.05, 3.63) is 71.8 Å². The van der Waals surface area contributed by atoms with Gasteiger partial charge in [0, 0.05) is 19.8 Å². The van der Waals surface area contributed by atoms with Crippen molar-refractivity contribution in [1.82, 2.24) is 10.6 Å². The second kappa shape index (κ2) is 13.7. The minimum absolute atomic E-state index is 0.0466. The number of carboxylic acid groups (broad SMARTS) is 1. The first-order valence-electron chi connectivity index (χ1n) is 11.7. The molecule has 0 fully saturated rings. The fourth-order valence-corrected chi connectivity index (χ4v) is 5.07. The van der Waals surface area contributed by atoms with Gasteiger partial charge in [-0.05, 0) is 36.3 Å². The van der Waals surface area contributed by atoms with Crippen molar-refractivity contribution in [3.63, 3.8) is 0 Å². The third-order valence-electron chi connectivity index (χ3n) is 5.32. The number of amides is 2. The van der Waals surface area contributed by atoms with Gasteiger partial charge in [0.25, 0.3) is 5.91 Å². The Bertz CT molecular complexity index is 997. The Kier molecular flexibility index (Phi) is 11.0. The van der Waals surface area contributed by atoms with Crippen LogP contribution in [0.4, 0.5) is 0 Å². The number of nitrogens with one attached hydrogen (secondary N) is 2. The van der Waals surface area contributed by atoms with E-state index in [0.29, 0.717) is 12.8 Å². The van der Waals surface area contributed by atoms with Crippen LogP contribution in [0.2, 0.25) is 0 Å². The molecule has 2 aromatic rings. The molecule has 7 nitrogen and oxygen atoms in total. The molecule has 0 aromatic heterocycles. The molecule has 8 heteroatoms. The molecule has 3 N–H and O–H groups in total. The van der Waals surface area contributed by atoms with Crippen molar-refractivity contribution < 1.29 is 24.3 Å². The van der Waals surface area contributed by atoms with E-state index in [0.717, 1.165) is 22.9 Å². The Morgan fingerprint density at radius 1 is 0.943 bits per heavy atom. The standard InChI is InChI=1S/C27H34N2O5S/c1-19(2)18-27(35-20(3)30,29-24(31)16-10-15-21-11-6-4-7-12-21)26(34)28-23(25(32)33)17-22-13-8-5-9-14-22/h4-9,11-14,19,23H,10,15-18H2,1-3H3,(H,28,34)(H,29,31)(H,32,33)/t23-,27+/m0/s1. The average molecular weight is 499 g/mol. The normalized spacial score (nSPS) is 13.5. The van der Waals surface area contributed by atoms with Crippen LogP contribution in [0.25, 0.3) is 0 Å². The number of carboxylic acids is 1. The van der Waals surface area contributed by atoms with Crippen LogP contribution in [0.3, 0.4) is 0 Å². The van der Waals surface area contributed by atoms with Gasteiger partial charge in [0.1, 0.15) is 6.04 Å². The van der Waals surface area contributed by atoms with Crippen molar-refractivity contribution in [2.75, 3.05) is 0 Å². The number of aryl methyl sites for hydroxylation is 1. The summed E-state index contributed by atoms with van der Waals surface area (Å²) < 4.78 is 0. The second-order valence-electron chi connectivity index (χ2n) is 8.96. The first kappa shape index (κ1) is 28.1. The van der Waals surface area contributed by atoms with Gasteiger partial charge in [-0.25, -0.2) is 4.79 Å². The molecule has 0 heterocycles. The Balaban J connectivity index is 2.19. The van der Waals surface area contributed by atoms with E-state index in [9.17, 15) is 24.3 Å². The Morgan fingerprint density at radius 2 is 1.51 bits per heavy atom. The van der Waals surface area contributed by atoms with Gasteiger partial charge in [0.2, 0.25) is 5.91 Å². The molecule has 0 aliphatic carbocycles. The molecule has 2 aromatic carbocycles. The van der Waals surface area contributed by atoms with Crippen LogP contribution < -0.4 is 10.6 Å². The number of hydrogen-bond donors (Lipinski definition) is 3. The molecule has 2 atom stereocenters. The molecule has 35 heavy (non-hydrogen) atoms. The molecule has 0 aliphatic rings. The Labute approximate surface area is 211 Å². The molecule has 0 spiro atoms. The maximum atomic E-state index is 13.5. The van der Waals surface area contributed by atoms with Crippen LogP contribution in [-0.2, 0) is 32.0 Å². The minimum Gasteiger partial charge on any atom is -0.480 e. The van der Waals surface area contributed by atoms with E-state index < -0.39 is 22.8 Å². The lowest BCUT2D eigenvalue weighted by Gasteiger charge is -2.34. The predicted molar refractivity (Wildman–Crippen MR) is 138 cm³/mol. The monoisotopic (exact) mass is 498 g/mol. The van der Waals surface area contributed by atoms with Gasteiger partial charge >= 0.3 is 5.97 Å². The molecular formula is C27H34N2O5S. The summed E-state index contributed by atoms with van der Waals surface area (Å²) in [6.07, 6.45) is 1.70. The summed E-state index contributed by atoms with van der Waals surface area (Å²) in [4.78, 5) is 48.9. The van der Waals surface area contributed by atoms with Crippen molar-refractivity contribution in [2.45, 2.75) is 63.8 Å². The summed E-state index contributed by atoms with van der Waals surface area (Å²) >= 11 is 0.726. The number of thioether (sulfide) groups is 1. The third-order valence-corrected chi connectivity index (χ3v) is 6.41. The highest BCUT2D eigenvalue weighted by atomic mass is 32.2. The Hall–Kier alpha value is -3.13. The molecule has 0 saturated heterocycles. The summed E-state index contributed by atoms with van der Waals surface area (Å²) in [5, 5.41) is 14.8. The number of benzene rings is 2. The van der Waals surface area contributed by atoms with Crippen LogP contribution >= 0.6 is 11.8 Å². The van der Waals surface area contributed by atoms with Crippen LogP contribution in [0.5, 0.6) is 0 Å². The van der Waals surface area contributed by atoms with Crippen molar-refractivity contribution >= 4 is 34.7 Å². The van der Waals surface area contributed by atoms with Crippen LogP contribution in [0.15, 0.2) is 60.7 Å². The van der Waals surface area contributed by atoms with E-state index in [2.05, 4.69) is 10.6 Å². The highest BCUT2D eigenvalue weighted by Crippen LogP contribution is 2.31. The summed E-state index contributed by atoms with van der Waals surface area (Å²) in [6.45, 7) is 5.08. The van der Waals surface area contributed by atoms with Crippen LogP contribution in [0, 0.1) is 5.92 Å². The minimum atomic E-state index is -1.60. The van der Waals surface area contributed by atoms with Crippen molar-refractivity contribution in [1.29, 1.82) is 0 Å². The smallest absolute Gasteiger partial charge is 0.326 e. The summed E-state index contributed by atoms with van der Waals surface area (Å²) in [5.74, 6) is -2.29. The molecule has 188 valence electrons. The van der Waals surface area contributed by atoms with Gasteiger partial charge in [-0.15, -0.1) is 0 Å². The van der Waals surface area contributed by atoms with Crippen LogP contribution in [-0.4, -0.2) is 38.9 Å². The quantitative estimate of drug-likeness (QED) is 0.361. The lowest BCUT2D eigenvalue weighted by molar-refractivity contribution is -0.142. The third kappa shape index (κ3) is 9.56. The molecule has 0 aliphatic heterocycles.